The lowest BCUT2D eigenvalue weighted by atomic mass is 10.1. The molecule has 0 saturated carbocycles. The molecule has 0 bridgehead atoms. The summed E-state index contributed by atoms with van der Waals surface area (Å²) in [5.41, 5.74) is 0. The molecule has 1 N–H and O–H groups in total. The number of rotatable bonds is 2. The van der Waals surface area contributed by atoms with Gasteiger partial charge in [0.1, 0.15) is 0 Å². The molecule has 0 aromatic carbocycles. The highest BCUT2D eigenvalue weighted by Gasteiger charge is 2.09. The molecule has 1 fully saturated rings. The zero-order valence-corrected chi connectivity index (χ0v) is 6.73. The van der Waals surface area contributed by atoms with Crippen molar-refractivity contribution in [2.75, 3.05) is 19.8 Å². The van der Waals surface area contributed by atoms with Crippen molar-refractivity contribution in [2.45, 2.75) is 32.2 Å². The van der Waals surface area contributed by atoms with Crippen LogP contribution >= 0.6 is 0 Å². The minimum Gasteiger partial charge on any atom is -0.381 e. The van der Waals surface area contributed by atoms with Gasteiger partial charge in [-0.05, 0) is 25.8 Å². The minimum absolute atomic E-state index is 0.715. The van der Waals surface area contributed by atoms with Gasteiger partial charge in [0.15, 0.2) is 0 Å². The number of nitrogens with one attached hydrogen (secondary N) is 1. The summed E-state index contributed by atoms with van der Waals surface area (Å²) in [6.45, 7) is 5.15. The summed E-state index contributed by atoms with van der Waals surface area (Å²) < 4.78 is 5.33. The fourth-order valence-corrected chi connectivity index (χ4v) is 1.40. The first-order valence-corrected chi connectivity index (χ1v) is 4.24. The quantitative estimate of drug-likeness (QED) is 0.626. The Morgan fingerprint density at radius 1 is 1.40 bits per heavy atom. The summed E-state index contributed by atoms with van der Waals surface area (Å²) in [5.74, 6) is 0. The van der Waals surface area contributed by atoms with E-state index in [-0.39, 0.29) is 0 Å². The van der Waals surface area contributed by atoms with Crippen LogP contribution in [0.4, 0.5) is 0 Å². The summed E-state index contributed by atoms with van der Waals surface area (Å²) in [6.07, 6.45) is 3.69. The first-order valence-electron chi connectivity index (χ1n) is 4.24. The second kappa shape index (κ2) is 4.69. The fourth-order valence-electron chi connectivity index (χ4n) is 1.40. The van der Waals surface area contributed by atoms with Gasteiger partial charge in [0.05, 0.1) is 0 Å². The Balaban J connectivity index is 2.15. The Morgan fingerprint density at radius 2 is 2.30 bits per heavy atom. The highest BCUT2D eigenvalue weighted by Crippen LogP contribution is 2.07. The molecule has 1 rings (SSSR count). The Hall–Kier alpha value is -0.0800. The van der Waals surface area contributed by atoms with E-state index in [9.17, 15) is 0 Å². The van der Waals surface area contributed by atoms with Crippen molar-refractivity contribution in [3.63, 3.8) is 0 Å². The maximum Gasteiger partial charge on any atom is 0.0480 e. The number of hydrogen-bond acceptors (Lipinski definition) is 2. The molecule has 0 amide bonds. The Morgan fingerprint density at radius 3 is 3.10 bits per heavy atom. The van der Waals surface area contributed by atoms with Crippen LogP contribution in [0.25, 0.3) is 0 Å². The Labute approximate surface area is 63.0 Å². The first kappa shape index (κ1) is 8.02. The molecule has 0 aliphatic carbocycles. The van der Waals surface area contributed by atoms with Crippen LogP contribution in [0, 0.1) is 0 Å². The van der Waals surface area contributed by atoms with Gasteiger partial charge in [-0.25, -0.2) is 0 Å². The van der Waals surface area contributed by atoms with Crippen LogP contribution in [-0.4, -0.2) is 25.8 Å². The van der Waals surface area contributed by atoms with Gasteiger partial charge in [-0.3, -0.25) is 0 Å². The van der Waals surface area contributed by atoms with Crippen LogP contribution in [0.15, 0.2) is 0 Å². The molecule has 0 radical (unpaired) electrons. The Kier molecular flexibility index (Phi) is 3.76. The van der Waals surface area contributed by atoms with E-state index < -0.39 is 0 Å². The third-order valence-corrected chi connectivity index (χ3v) is 1.94. The van der Waals surface area contributed by atoms with Crippen molar-refractivity contribution in [3.8, 4) is 0 Å². The SMILES string of the molecule is CCNC1CCCOCC1. The van der Waals surface area contributed by atoms with Crippen molar-refractivity contribution < 1.29 is 4.74 Å². The third-order valence-electron chi connectivity index (χ3n) is 1.94. The van der Waals surface area contributed by atoms with E-state index in [4.69, 9.17) is 4.74 Å². The predicted molar refractivity (Wildman–Crippen MR) is 42.1 cm³/mol. The van der Waals surface area contributed by atoms with Crippen molar-refractivity contribution >= 4 is 0 Å². The second-order valence-corrected chi connectivity index (χ2v) is 2.80. The minimum atomic E-state index is 0.715. The average Bonchev–Trinajstić information content (AvgIpc) is 2.17. The van der Waals surface area contributed by atoms with Crippen molar-refractivity contribution in [1.82, 2.24) is 5.32 Å². The lowest BCUT2D eigenvalue weighted by Gasteiger charge is -2.12. The smallest absolute Gasteiger partial charge is 0.0480 e. The molecule has 10 heavy (non-hydrogen) atoms. The predicted octanol–water partition coefficient (Wildman–Crippen LogP) is 1.17. The molecule has 0 aromatic heterocycles. The first-order chi connectivity index (χ1) is 4.93. The Bertz CT molecular complexity index is 77.3. The molecule has 1 saturated heterocycles. The molecule has 2 heteroatoms. The molecule has 1 heterocycles. The van der Waals surface area contributed by atoms with Gasteiger partial charge in [0.25, 0.3) is 0 Å². The van der Waals surface area contributed by atoms with Gasteiger partial charge < -0.3 is 10.1 Å². The summed E-state index contributed by atoms with van der Waals surface area (Å²) in [7, 11) is 0. The highest BCUT2D eigenvalue weighted by atomic mass is 16.5. The van der Waals surface area contributed by atoms with Crippen LogP contribution < -0.4 is 5.32 Å². The van der Waals surface area contributed by atoms with Gasteiger partial charge in [0.2, 0.25) is 0 Å². The largest absolute Gasteiger partial charge is 0.381 e. The molecular weight excluding hydrogens is 126 g/mol. The van der Waals surface area contributed by atoms with Crippen molar-refractivity contribution in [3.05, 3.63) is 0 Å². The molecule has 1 aliphatic heterocycles. The third kappa shape index (κ3) is 2.67. The zero-order valence-electron chi connectivity index (χ0n) is 6.73. The normalized spacial score (nSPS) is 27.9. The van der Waals surface area contributed by atoms with E-state index in [1.165, 1.54) is 19.3 Å². The van der Waals surface area contributed by atoms with E-state index in [2.05, 4.69) is 12.2 Å². The fraction of sp³-hybridized carbons (Fsp3) is 1.00. The van der Waals surface area contributed by atoms with Crippen molar-refractivity contribution in [1.29, 1.82) is 0 Å². The van der Waals surface area contributed by atoms with Gasteiger partial charge in [-0.2, -0.15) is 0 Å². The average molecular weight is 143 g/mol. The molecule has 60 valence electrons. The standard InChI is InChI=1S/C8H17NO/c1-2-9-8-4-3-6-10-7-5-8/h8-9H,2-7H2,1H3. The van der Waals surface area contributed by atoms with E-state index in [1.807, 2.05) is 0 Å². The van der Waals surface area contributed by atoms with E-state index in [0.717, 1.165) is 19.8 Å². The maximum atomic E-state index is 5.33. The van der Waals surface area contributed by atoms with Crippen LogP contribution in [-0.2, 0) is 4.74 Å². The van der Waals surface area contributed by atoms with E-state index in [1.54, 1.807) is 0 Å². The van der Waals surface area contributed by atoms with Gasteiger partial charge >= 0.3 is 0 Å². The molecular formula is C8H17NO. The lowest BCUT2D eigenvalue weighted by Crippen LogP contribution is -2.28. The zero-order chi connectivity index (χ0) is 7.23. The summed E-state index contributed by atoms with van der Waals surface area (Å²) in [6, 6.07) is 0.715. The van der Waals surface area contributed by atoms with Crippen LogP contribution in [0.3, 0.4) is 0 Å². The summed E-state index contributed by atoms with van der Waals surface area (Å²) in [5, 5.41) is 3.44. The molecule has 2 nitrogen and oxygen atoms in total. The lowest BCUT2D eigenvalue weighted by molar-refractivity contribution is 0.142. The van der Waals surface area contributed by atoms with E-state index >= 15 is 0 Å². The molecule has 1 atom stereocenters. The highest BCUT2D eigenvalue weighted by molar-refractivity contribution is 4.67. The number of hydrogen-bond donors (Lipinski definition) is 1. The molecule has 0 aromatic rings. The molecule has 1 unspecified atom stereocenters. The number of ether oxygens (including phenoxy) is 1. The monoisotopic (exact) mass is 143 g/mol. The van der Waals surface area contributed by atoms with E-state index in [0.29, 0.717) is 6.04 Å². The summed E-state index contributed by atoms with van der Waals surface area (Å²) in [4.78, 5) is 0. The maximum absolute atomic E-state index is 5.33. The van der Waals surface area contributed by atoms with Crippen LogP contribution in [0.5, 0.6) is 0 Å². The van der Waals surface area contributed by atoms with Gasteiger partial charge in [0, 0.05) is 19.3 Å². The second-order valence-electron chi connectivity index (χ2n) is 2.80. The van der Waals surface area contributed by atoms with Gasteiger partial charge in [-0.1, -0.05) is 6.92 Å². The van der Waals surface area contributed by atoms with Crippen LogP contribution in [0.2, 0.25) is 0 Å². The molecule has 0 spiro atoms. The summed E-state index contributed by atoms with van der Waals surface area (Å²) >= 11 is 0. The van der Waals surface area contributed by atoms with Crippen molar-refractivity contribution in [2.24, 2.45) is 0 Å². The van der Waals surface area contributed by atoms with Crippen LogP contribution in [0.1, 0.15) is 26.2 Å². The van der Waals surface area contributed by atoms with Gasteiger partial charge in [-0.15, -0.1) is 0 Å². The molecule has 1 aliphatic rings. The topological polar surface area (TPSA) is 21.3 Å².